The summed E-state index contributed by atoms with van der Waals surface area (Å²) in [6, 6.07) is 10.1. The van der Waals surface area contributed by atoms with E-state index in [1.807, 2.05) is 30.8 Å². The van der Waals surface area contributed by atoms with Gasteiger partial charge in [-0.1, -0.05) is 11.6 Å². The predicted molar refractivity (Wildman–Crippen MR) is 113 cm³/mol. The summed E-state index contributed by atoms with van der Waals surface area (Å²) >= 11 is 6.48. The highest BCUT2D eigenvalue weighted by Gasteiger charge is 2.13. The lowest BCUT2D eigenvalue weighted by molar-refractivity contribution is 0.769. The molecule has 1 aromatic carbocycles. The van der Waals surface area contributed by atoms with Gasteiger partial charge in [-0.3, -0.25) is 4.68 Å². The van der Waals surface area contributed by atoms with E-state index in [-0.39, 0.29) is 0 Å². The summed E-state index contributed by atoms with van der Waals surface area (Å²) in [7, 11) is 3.84. The van der Waals surface area contributed by atoms with Gasteiger partial charge in [0.05, 0.1) is 41.7 Å². The van der Waals surface area contributed by atoms with Crippen molar-refractivity contribution >= 4 is 28.3 Å². The molecular formula is C21H20ClN7. The number of aryl methyl sites for hydroxylation is 3. The smallest absolute Gasteiger partial charge is 0.124 e. The number of pyridine rings is 1. The number of nitrogens with one attached hydrogen (secondary N) is 1. The molecule has 0 amide bonds. The maximum atomic E-state index is 8.94. The highest BCUT2D eigenvalue weighted by molar-refractivity contribution is 6.32. The molecule has 1 N–H and O–H groups in total. The van der Waals surface area contributed by atoms with Crippen LogP contribution in [0.2, 0.25) is 5.02 Å². The van der Waals surface area contributed by atoms with Crippen molar-refractivity contribution in [3.05, 3.63) is 59.1 Å². The van der Waals surface area contributed by atoms with E-state index in [1.165, 1.54) is 0 Å². The Bertz CT molecular complexity index is 1220. The Balaban J connectivity index is 1.82. The van der Waals surface area contributed by atoms with E-state index in [1.54, 1.807) is 23.4 Å². The molecule has 3 heterocycles. The first kappa shape index (κ1) is 19.0. The topological polar surface area (TPSA) is 84.4 Å². The van der Waals surface area contributed by atoms with Crippen molar-refractivity contribution in [2.75, 3.05) is 5.32 Å². The van der Waals surface area contributed by atoms with Crippen LogP contribution < -0.4 is 5.32 Å². The number of benzene rings is 1. The van der Waals surface area contributed by atoms with E-state index >= 15 is 0 Å². The average molecular weight is 406 g/mol. The van der Waals surface area contributed by atoms with E-state index in [0.717, 1.165) is 39.2 Å². The normalized spacial score (nSPS) is 11.0. The zero-order valence-electron chi connectivity index (χ0n) is 16.2. The van der Waals surface area contributed by atoms with Crippen LogP contribution in [-0.4, -0.2) is 24.3 Å². The van der Waals surface area contributed by atoms with Crippen molar-refractivity contribution in [2.45, 2.75) is 19.4 Å². The third-order valence-corrected chi connectivity index (χ3v) is 5.28. The molecule has 4 rings (SSSR count). The summed E-state index contributed by atoms with van der Waals surface area (Å²) in [5.74, 6) is 0.927. The SMILES string of the molecule is Cn1cncc1-c1cc(CNc2ccnn2C)c2cc(CCC#N)c(Cl)cc2n1. The number of nitriles is 1. The minimum absolute atomic E-state index is 0.425. The van der Waals surface area contributed by atoms with Crippen LogP contribution in [0.4, 0.5) is 5.82 Å². The van der Waals surface area contributed by atoms with Crippen LogP contribution in [0.15, 0.2) is 43.0 Å². The fraction of sp³-hybridized carbons (Fsp3) is 0.238. The van der Waals surface area contributed by atoms with Crippen LogP contribution in [0.25, 0.3) is 22.3 Å². The van der Waals surface area contributed by atoms with Gasteiger partial charge >= 0.3 is 0 Å². The van der Waals surface area contributed by atoms with E-state index in [9.17, 15) is 0 Å². The summed E-state index contributed by atoms with van der Waals surface area (Å²) in [6.45, 7) is 0.600. The maximum Gasteiger partial charge on any atom is 0.124 e. The fourth-order valence-electron chi connectivity index (χ4n) is 3.36. The number of aromatic nitrogens is 5. The minimum atomic E-state index is 0.425. The van der Waals surface area contributed by atoms with Crippen LogP contribution in [-0.2, 0) is 27.1 Å². The molecule has 29 heavy (non-hydrogen) atoms. The Morgan fingerprint density at radius 1 is 1.21 bits per heavy atom. The first-order chi connectivity index (χ1) is 14.1. The molecule has 0 spiro atoms. The zero-order valence-corrected chi connectivity index (χ0v) is 17.0. The van der Waals surface area contributed by atoms with Gasteiger partial charge in [0.2, 0.25) is 0 Å². The summed E-state index contributed by atoms with van der Waals surface area (Å²) in [5, 5.41) is 18.2. The first-order valence-corrected chi connectivity index (χ1v) is 9.62. The van der Waals surface area contributed by atoms with Crippen molar-refractivity contribution in [3.8, 4) is 17.5 Å². The lowest BCUT2D eigenvalue weighted by atomic mass is 10.0. The van der Waals surface area contributed by atoms with Crippen molar-refractivity contribution in [3.63, 3.8) is 0 Å². The van der Waals surface area contributed by atoms with Gasteiger partial charge in [-0.25, -0.2) is 9.97 Å². The van der Waals surface area contributed by atoms with Crippen LogP contribution >= 0.6 is 11.6 Å². The number of halogens is 1. The Morgan fingerprint density at radius 3 is 2.76 bits per heavy atom. The molecule has 0 aliphatic rings. The van der Waals surface area contributed by atoms with E-state index < -0.39 is 0 Å². The number of nitrogens with zero attached hydrogens (tertiary/aromatic N) is 6. The second-order valence-electron chi connectivity index (χ2n) is 6.87. The van der Waals surface area contributed by atoms with Gasteiger partial charge in [0.15, 0.2) is 0 Å². The van der Waals surface area contributed by atoms with Gasteiger partial charge in [0.1, 0.15) is 5.82 Å². The molecule has 0 saturated heterocycles. The predicted octanol–water partition coefficient (Wildman–Crippen LogP) is 4.09. The molecule has 0 atom stereocenters. The van der Waals surface area contributed by atoms with Crippen molar-refractivity contribution in [1.29, 1.82) is 5.26 Å². The fourth-order valence-corrected chi connectivity index (χ4v) is 3.61. The Hall–Kier alpha value is -3.37. The standard InChI is InChI=1S/C21H20ClN7/c1-28-13-24-12-20(28)19-9-15(11-25-21-5-7-26-29(21)2)16-8-14(4-3-6-23)17(22)10-18(16)27-19/h5,7-10,12-13,25H,3-4,11H2,1-2H3. The van der Waals surface area contributed by atoms with E-state index in [4.69, 9.17) is 21.8 Å². The molecule has 3 aromatic heterocycles. The molecule has 8 heteroatoms. The van der Waals surface area contributed by atoms with E-state index in [2.05, 4.69) is 33.6 Å². The molecule has 0 aliphatic carbocycles. The molecule has 7 nitrogen and oxygen atoms in total. The third-order valence-electron chi connectivity index (χ3n) is 4.93. The molecule has 0 fully saturated rings. The number of rotatable bonds is 6. The highest BCUT2D eigenvalue weighted by atomic mass is 35.5. The van der Waals surface area contributed by atoms with Crippen LogP contribution in [0.1, 0.15) is 17.5 Å². The van der Waals surface area contributed by atoms with E-state index in [0.29, 0.717) is 24.4 Å². The minimum Gasteiger partial charge on any atom is -0.366 e. The van der Waals surface area contributed by atoms with Gasteiger partial charge < -0.3 is 9.88 Å². The Kier molecular flexibility index (Phi) is 5.19. The molecule has 0 unspecified atom stereocenters. The monoisotopic (exact) mass is 405 g/mol. The largest absolute Gasteiger partial charge is 0.366 e. The third kappa shape index (κ3) is 3.80. The zero-order chi connectivity index (χ0) is 20.4. The molecule has 146 valence electrons. The van der Waals surface area contributed by atoms with Crippen LogP contribution in [0, 0.1) is 11.3 Å². The summed E-state index contributed by atoms with van der Waals surface area (Å²) in [4.78, 5) is 9.04. The lowest BCUT2D eigenvalue weighted by Crippen LogP contribution is -2.06. The average Bonchev–Trinajstić information content (AvgIpc) is 3.32. The number of anilines is 1. The molecule has 0 bridgehead atoms. The highest BCUT2D eigenvalue weighted by Crippen LogP contribution is 2.30. The quantitative estimate of drug-likeness (QED) is 0.522. The van der Waals surface area contributed by atoms with Gasteiger partial charge in [-0.05, 0) is 35.7 Å². The number of hydrogen-bond donors (Lipinski definition) is 1. The molecule has 0 saturated carbocycles. The van der Waals surface area contributed by atoms with Crippen molar-refractivity contribution in [2.24, 2.45) is 14.1 Å². The Labute approximate surface area is 173 Å². The van der Waals surface area contributed by atoms with Gasteiger partial charge in [-0.2, -0.15) is 10.4 Å². The Morgan fingerprint density at radius 2 is 2.07 bits per heavy atom. The second-order valence-corrected chi connectivity index (χ2v) is 7.28. The maximum absolute atomic E-state index is 8.94. The molecule has 0 radical (unpaired) electrons. The first-order valence-electron chi connectivity index (χ1n) is 9.24. The molecule has 0 aliphatic heterocycles. The number of imidazole rings is 1. The number of hydrogen-bond acceptors (Lipinski definition) is 5. The summed E-state index contributed by atoms with van der Waals surface area (Å²) < 4.78 is 3.73. The summed E-state index contributed by atoms with van der Waals surface area (Å²) in [5.41, 5.74) is 4.62. The van der Waals surface area contributed by atoms with Crippen LogP contribution in [0.5, 0.6) is 0 Å². The van der Waals surface area contributed by atoms with Crippen molar-refractivity contribution in [1.82, 2.24) is 24.3 Å². The molecule has 4 aromatic rings. The second kappa shape index (κ2) is 7.94. The summed E-state index contributed by atoms with van der Waals surface area (Å²) in [6.07, 6.45) is 6.35. The van der Waals surface area contributed by atoms with Gasteiger partial charge in [-0.15, -0.1) is 0 Å². The molecular weight excluding hydrogens is 386 g/mol. The lowest BCUT2D eigenvalue weighted by Gasteiger charge is -2.14. The van der Waals surface area contributed by atoms with Crippen LogP contribution in [0.3, 0.4) is 0 Å². The van der Waals surface area contributed by atoms with Crippen molar-refractivity contribution < 1.29 is 0 Å². The van der Waals surface area contributed by atoms with Gasteiger partial charge in [0.25, 0.3) is 0 Å². The number of fused-ring (bicyclic) bond motifs is 1. The van der Waals surface area contributed by atoms with Gasteiger partial charge in [0, 0.05) is 43.5 Å².